The molecule has 0 aromatic heterocycles. The van der Waals surface area contributed by atoms with Crippen LogP contribution >= 0.6 is 0 Å². The Morgan fingerprint density at radius 2 is 2.20 bits per heavy atom. The first-order valence-corrected chi connectivity index (χ1v) is 6.58. The van der Waals surface area contributed by atoms with Crippen molar-refractivity contribution >= 4 is 11.6 Å². The summed E-state index contributed by atoms with van der Waals surface area (Å²) >= 11 is 0. The topological polar surface area (TPSA) is 64.3 Å². The van der Waals surface area contributed by atoms with Gasteiger partial charge in [-0.25, -0.2) is 4.39 Å². The zero-order valence-electron chi connectivity index (χ0n) is 11.1. The number of anilines is 1. The quantitative estimate of drug-likeness (QED) is 0.805. The number of ether oxygens (including phenoxy) is 1. The van der Waals surface area contributed by atoms with Crippen LogP contribution in [0, 0.1) is 23.6 Å². The summed E-state index contributed by atoms with van der Waals surface area (Å²) in [6.45, 7) is 1.38. The first-order valence-electron chi connectivity index (χ1n) is 6.58. The van der Waals surface area contributed by atoms with Gasteiger partial charge in [-0.3, -0.25) is 4.79 Å². The van der Waals surface area contributed by atoms with Gasteiger partial charge in [-0.05, 0) is 31.0 Å². The predicted octanol–water partition coefficient (Wildman–Crippen LogP) is 1.50. The number of benzene rings is 1. The van der Waals surface area contributed by atoms with E-state index in [-0.39, 0.29) is 23.9 Å². The monoisotopic (exact) mass is 276 g/mol. The van der Waals surface area contributed by atoms with Gasteiger partial charge in [0.2, 0.25) is 5.91 Å². The van der Waals surface area contributed by atoms with Gasteiger partial charge in [-0.1, -0.05) is 11.8 Å². The van der Waals surface area contributed by atoms with Gasteiger partial charge < -0.3 is 15.8 Å². The Balaban J connectivity index is 2.07. The minimum Gasteiger partial charge on any atom is -0.381 e. The molecular weight excluding hydrogens is 259 g/mol. The van der Waals surface area contributed by atoms with Crippen LogP contribution in [0.4, 0.5) is 10.1 Å². The van der Waals surface area contributed by atoms with E-state index in [1.807, 2.05) is 0 Å². The first kappa shape index (κ1) is 14.5. The lowest BCUT2D eigenvalue weighted by Crippen LogP contribution is -2.28. The van der Waals surface area contributed by atoms with Crippen LogP contribution in [0.5, 0.6) is 0 Å². The van der Waals surface area contributed by atoms with E-state index in [9.17, 15) is 9.18 Å². The van der Waals surface area contributed by atoms with E-state index in [0.29, 0.717) is 31.7 Å². The van der Waals surface area contributed by atoms with Gasteiger partial charge in [-0.2, -0.15) is 0 Å². The van der Waals surface area contributed by atoms with Crippen molar-refractivity contribution in [1.82, 2.24) is 0 Å². The van der Waals surface area contributed by atoms with Crippen molar-refractivity contribution in [2.75, 3.05) is 25.1 Å². The molecule has 106 valence electrons. The second-order valence-corrected chi connectivity index (χ2v) is 4.58. The van der Waals surface area contributed by atoms with Crippen LogP contribution < -0.4 is 11.1 Å². The molecule has 1 amide bonds. The molecule has 1 fully saturated rings. The van der Waals surface area contributed by atoms with Gasteiger partial charge in [0, 0.05) is 24.8 Å². The normalized spacial score (nSPS) is 15.3. The number of hydrogen-bond acceptors (Lipinski definition) is 3. The number of carbonyl (C=O) groups is 1. The molecular formula is C15H17FN2O2. The minimum absolute atomic E-state index is 0.0487. The lowest BCUT2D eigenvalue weighted by molar-refractivity contribution is -0.122. The highest BCUT2D eigenvalue weighted by molar-refractivity contribution is 5.92. The smallest absolute Gasteiger partial charge is 0.227 e. The van der Waals surface area contributed by atoms with E-state index in [2.05, 4.69) is 17.2 Å². The Bertz CT molecular complexity index is 543. The number of nitrogens with two attached hydrogens (primary N) is 1. The molecule has 0 aliphatic carbocycles. The molecule has 0 bridgehead atoms. The minimum atomic E-state index is -0.421. The summed E-state index contributed by atoms with van der Waals surface area (Å²) in [5, 5.41) is 2.80. The standard InChI is InChI=1S/C15H17FN2O2/c16-14-4-3-13(10-12(14)2-1-7-17)18-15(19)11-5-8-20-9-6-11/h3-4,10-11H,5-9,17H2,(H,18,19). The summed E-state index contributed by atoms with van der Waals surface area (Å²) in [4.78, 5) is 12.1. The molecule has 3 N–H and O–H groups in total. The van der Waals surface area contributed by atoms with Crippen LogP contribution in [0.15, 0.2) is 18.2 Å². The lowest BCUT2D eigenvalue weighted by atomic mass is 9.99. The molecule has 1 aromatic rings. The molecule has 5 heteroatoms. The van der Waals surface area contributed by atoms with Gasteiger partial charge in [-0.15, -0.1) is 0 Å². The van der Waals surface area contributed by atoms with Gasteiger partial charge in [0.05, 0.1) is 12.1 Å². The maximum absolute atomic E-state index is 13.5. The molecule has 0 spiro atoms. The van der Waals surface area contributed by atoms with Crippen molar-refractivity contribution in [3.63, 3.8) is 0 Å². The van der Waals surface area contributed by atoms with Gasteiger partial charge >= 0.3 is 0 Å². The molecule has 4 nitrogen and oxygen atoms in total. The van der Waals surface area contributed by atoms with Crippen molar-refractivity contribution in [3.05, 3.63) is 29.6 Å². The van der Waals surface area contributed by atoms with Crippen LogP contribution in [0.1, 0.15) is 18.4 Å². The van der Waals surface area contributed by atoms with Crippen molar-refractivity contribution in [2.45, 2.75) is 12.8 Å². The van der Waals surface area contributed by atoms with E-state index in [1.54, 1.807) is 0 Å². The number of carbonyl (C=O) groups excluding carboxylic acids is 1. The average Bonchev–Trinajstić information content (AvgIpc) is 2.48. The Morgan fingerprint density at radius 1 is 1.45 bits per heavy atom. The fourth-order valence-corrected chi connectivity index (χ4v) is 2.05. The van der Waals surface area contributed by atoms with E-state index in [4.69, 9.17) is 10.5 Å². The molecule has 0 unspecified atom stereocenters. The molecule has 0 radical (unpaired) electrons. The molecule has 1 heterocycles. The van der Waals surface area contributed by atoms with E-state index in [0.717, 1.165) is 0 Å². The summed E-state index contributed by atoms with van der Waals surface area (Å²) in [6.07, 6.45) is 1.43. The van der Waals surface area contributed by atoms with Crippen molar-refractivity contribution in [2.24, 2.45) is 11.7 Å². The van der Waals surface area contributed by atoms with Gasteiger partial charge in [0.15, 0.2) is 0 Å². The van der Waals surface area contributed by atoms with Crippen molar-refractivity contribution < 1.29 is 13.9 Å². The van der Waals surface area contributed by atoms with Crippen LogP contribution in [-0.2, 0) is 9.53 Å². The summed E-state index contributed by atoms with van der Waals surface area (Å²) in [7, 11) is 0. The third kappa shape index (κ3) is 3.80. The highest BCUT2D eigenvalue weighted by atomic mass is 19.1. The van der Waals surface area contributed by atoms with E-state index < -0.39 is 5.82 Å². The predicted molar refractivity (Wildman–Crippen MR) is 74.5 cm³/mol. The third-order valence-corrected chi connectivity index (χ3v) is 3.15. The number of amides is 1. The van der Waals surface area contributed by atoms with Crippen LogP contribution in [0.2, 0.25) is 0 Å². The maximum Gasteiger partial charge on any atom is 0.227 e. The zero-order valence-corrected chi connectivity index (χ0v) is 11.1. The van der Waals surface area contributed by atoms with E-state index in [1.165, 1.54) is 18.2 Å². The number of halogens is 1. The average molecular weight is 276 g/mol. The molecule has 0 saturated carbocycles. The largest absolute Gasteiger partial charge is 0.381 e. The molecule has 1 aliphatic heterocycles. The highest BCUT2D eigenvalue weighted by Crippen LogP contribution is 2.19. The van der Waals surface area contributed by atoms with Gasteiger partial charge in [0.1, 0.15) is 5.82 Å². The Labute approximate surface area is 117 Å². The third-order valence-electron chi connectivity index (χ3n) is 3.15. The van der Waals surface area contributed by atoms with Crippen LogP contribution in [-0.4, -0.2) is 25.7 Å². The number of rotatable bonds is 2. The lowest BCUT2D eigenvalue weighted by Gasteiger charge is -2.21. The second-order valence-electron chi connectivity index (χ2n) is 4.58. The second kappa shape index (κ2) is 7.04. The van der Waals surface area contributed by atoms with Crippen LogP contribution in [0.25, 0.3) is 0 Å². The SMILES string of the molecule is NCC#Cc1cc(NC(=O)C2CCOCC2)ccc1F. The molecule has 1 aromatic carbocycles. The Morgan fingerprint density at radius 3 is 2.90 bits per heavy atom. The fourth-order valence-electron chi connectivity index (χ4n) is 2.05. The highest BCUT2D eigenvalue weighted by Gasteiger charge is 2.21. The van der Waals surface area contributed by atoms with Crippen LogP contribution in [0.3, 0.4) is 0 Å². The molecule has 1 aliphatic rings. The fraction of sp³-hybridized carbons (Fsp3) is 0.400. The summed E-state index contributed by atoms with van der Waals surface area (Å²) in [5.74, 6) is 4.71. The van der Waals surface area contributed by atoms with Crippen molar-refractivity contribution in [1.29, 1.82) is 0 Å². The molecule has 2 rings (SSSR count). The summed E-state index contributed by atoms with van der Waals surface area (Å²) in [6, 6.07) is 4.34. The zero-order chi connectivity index (χ0) is 14.4. The van der Waals surface area contributed by atoms with E-state index >= 15 is 0 Å². The summed E-state index contributed by atoms with van der Waals surface area (Å²) in [5.41, 5.74) is 6.05. The van der Waals surface area contributed by atoms with Crippen molar-refractivity contribution in [3.8, 4) is 11.8 Å². The summed E-state index contributed by atoms with van der Waals surface area (Å²) < 4.78 is 18.7. The molecule has 0 atom stereocenters. The Kier molecular flexibility index (Phi) is 5.10. The molecule has 20 heavy (non-hydrogen) atoms. The molecule has 1 saturated heterocycles. The number of hydrogen-bond donors (Lipinski definition) is 2. The Hall–Kier alpha value is -1.90. The maximum atomic E-state index is 13.5. The number of nitrogens with one attached hydrogen (secondary N) is 1. The first-order chi connectivity index (χ1) is 9.70. The van der Waals surface area contributed by atoms with Gasteiger partial charge in [0.25, 0.3) is 0 Å².